The van der Waals surface area contributed by atoms with Gasteiger partial charge < -0.3 is 11.1 Å². The number of thioether (sulfide) groups is 1. The Hall–Kier alpha value is -0.780. The van der Waals surface area contributed by atoms with E-state index in [0.717, 1.165) is 11.3 Å². The third-order valence-corrected chi connectivity index (χ3v) is 3.78. The summed E-state index contributed by atoms with van der Waals surface area (Å²) in [6, 6.07) is 3.79. The van der Waals surface area contributed by atoms with E-state index in [1.807, 2.05) is 19.1 Å². The number of carbonyl (C=O) groups is 1. The number of nitrogens with zero attached hydrogens (tertiary/aromatic N) is 1. The first-order valence-electron chi connectivity index (χ1n) is 6.49. The molecule has 0 aliphatic carbocycles. The molecule has 0 bridgehead atoms. The Morgan fingerprint density at radius 3 is 2.55 bits per heavy atom. The van der Waals surface area contributed by atoms with Crippen molar-refractivity contribution in [3.8, 4) is 0 Å². The lowest BCUT2D eigenvalue weighted by molar-refractivity contribution is -0.120. The summed E-state index contributed by atoms with van der Waals surface area (Å²) in [6.45, 7) is 6.72. The van der Waals surface area contributed by atoms with Crippen molar-refractivity contribution < 1.29 is 4.79 Å². The molecule has 1 aromatic heterocycles. The summed E-state index contributed by atoms with van der Waals surface area (Å²) in [6.07, 6.45) is 4.33. The SMILES string of the molecule is CC(C)CC(C)(CN)NC(=O)CSc1ccncc1.Cl. The Kier molecular flexibility index (Phi) is 8.85. The number of aromatic nitrogens is 1. The average molecular weight is 318 g/mol. The van der Waals surface area contributed by atoms with Gasteiger partial charge in [-0.15, -0.1) is 24.2 Å². The maximum Gasteiger partial charge on any atom is 0.230 e. The minimum Gasteiger partial charge on any atom is -0.349 e. The molecule has 1 unspecified atom stereocenters. The maximum absolute atomic E-state index is 12.0. The highest BCUT2D eigenvalue weighted by atomic mass is 35.5. The number of nitrogens with two attached hydrogens (primary N) is 1. The summed E-state index contributed by atoms with van der Waals surface area (Å²) in [4.78, 5) is 17.0. The van der Waals surface area contributed by atoms with Crippen LogP contribution in [0.25, 0.3) is 0 Å². The summed E-state index contributed by atoms with van der Waals surface area (Å²) in [5.41, 5.74) is 5.47. The van der Waals surface area contributed by atoms with Crippen LogP contribution >= 0.6 is 24.2 Å². The molecule has 0 saturated carbocycles. The lowest BCUT2D eigenvalue weighted by Gasteiger charge is -2.31. The van der Waals surface area contributed by atoms with E-state index in [-0.39, 0.29) is 23.9 Å². The van der Waals surface area contributed by atoms with E-state index >= 15 is 0 Å². The molecular formula is C14H24ClN3OS. The van der Waals surface area contributed by atoms with Crippen molar-refractivity contribution >= 4 is 30.1 Å². The van der Waals surface area contributed by atoms with E-state index in [1.54, 1.807) is 12.4 Å². The van der Waals surface area contributed by atoms with Crippen molar-refractivity contribution in [1.29, 1.82) is 0 Å². The van der Waals surface area contributed by atoms with Crippen LogP contribution in [0.15, 0.2) is 29.4 Å². The van der Waals surface area contributed by atoms with E-state index < -0.39 is 0 Å². The van der Waals surface area contributed by atoms with Gasteiger partial charge >= 0.3 is 0 Å². The third-order valence-electron chi connectivity index (χ3n) is 2.77. The Morgan fingerprint density at radius 1 is 1.45 bits per heavy atom. The van der Waals surface area contributed by atoms with Gasteiger partial charge in [0.15, 0.2) is 0 Å². The van der Waals surface area contributed by atoms with Crippen LogP contribution in [0, 0.1) is 5.92 Å². The summed E-state index contributed by atoms with van der Waals surface area (Å²) >= 11 is 1.51. The predicted octanol–water partition coefficient (Wildman–Crippen LogP) is 2.48. The number of nitrogens with one attached hydrogen (secondary N) is 1. The van der Waals surface area contributed by atoms with Gasteiger partial charge in [-0.05, 0) is 31.4 Å². The molecule has 1 aromatic rings. The molecule has 20 heavy (non-hydrogen) atoms. The molecule has 0 radical (unpaired) electrons. The van der Waals surface area contributed by atoms with Gasteiger partial charge in [-0.2, -0.15) is 0 Å². The van der Waals surface area contributed by atoms with Gasteiger partial charge in [0.2, 0.25) is 5.91 Å². The first kappa shape index (κ1) is 19.2. The van der Waals surface area contributed by atoms with Crippen molar-refractivity contribution in [2.24, 2.45) is 11.7 Å². The minimum absolute atomic E-state index is 0. The number of hydrogen-bond acceptors (Lipinski definition) is 4. The highest BCUT2D eigenvalue weighted by Crippen LogP contribution is 2.18. The van der Waals surface area contributed by atoms with Gasteiger partial charge in [0.1, 0.15) is 0 Å². The van der Waals surface area contributed by atoms with Crippen molar-refractivity contribution in [3.63, 3.8) is 0 Å². The zero-order valence-electron chi connectivity index (χ0n) is 12.3. The largest absolute Gasteiger partial charge is 0.349 e. The minimum atomic E-state index is -0.315. The monoisotopic (exact) mass is 317 g/mol. The topological polar surface area (TPSA) is 68.0 Å². The van der Waals surface area contributed by atoms with Crippen molar-refractivity contribution in [1.82, 2.24) is 10.3 Å². The smallest absolute Gasteiger partial charge is 0.230 e. The van der Waals surface area contributed by atoms with Crippen molar-refractivity contribution in [2.45, 2.75) is 37.6 Å². The average Bonchev–Trinajstić information content (AvgIpc) is 2.36. The van der Waals surface area contributed by atoms with Crippen LogP contribution in [0.3, 0.4) is 0 Å². The normalized spacial score (nSPS) is 13.4. The van der Waals surface area contributed by atoms with Gasteiger partial charge in [-0.1, -0.05) is 13.8 Å². The number of rotatable bonds is 7. The number of carbonyl (C=O) groups excluding carboxylic acids is 1. The second kappa shape index (κ2) is 9.21. The molecule has 3 N–H and O–H groups in total. The van der Waals surface area contributed by atoms with Gasteiger partial charge in [-0.25, -0.2) is 0 Å². The summed E-state index contributed by atoms with van der Waals surface area (Å²) in [5.74, 6) is 0.926. The number of pyridine rings is 1. The molecule has 114 valence electrons. The molecule has 6 heteroatoms. The fraction of sp³-hybridized carbons (Fsp3) is 0.571. The molecular weight excluding hydrogens is 294 g/mol. The van der Waals surface area contributed by atoms with Gasteiger partial charge in [0, 0.05) is 29.4 Å². The van der Waals surface area contributed by atoms with E-state index in [1.165, 1.54) is 11.8 Å². The van der Waals surface area contributed by atoms with Crippen LogP contribution in [-0.4, -0.2) is 28.7 Å². The van der Waals surface area contributed by atoms with Crippen molar-refractivity contribution in [3.05, 3.63) is 24.5 Å². The van der Waals surface area contributed by atoms with E-state index in [2.05, 4.69) is 24.1 Å². The second-order valence-electron chi connectivity index (χ2n) is 5.38. The molecule has 0 spiro atoms. The standard InChI is InChI=1S/C14H23N3OS.ClH/c1-11(2)8-14(3,10-15)17-13(18)9-19-12-4-6-16-7-5-12;/h4-7,11H,8-10,15H2,1-3H3,(H,17,18);1H. The molecule has 1 rings (SSSR count). The lowest BCUT2D eigenvalue weighted by atomic mass is 9.91. The Bertz CT molecular complexity index is 403. The Labute approximate surface area is 131 Å². The molecule has 1 heterocycles. The van der Waals surface area contributed by atoms with Crippen LogP contribution in [0.5, 0.6) is 0 Å². The molecule has 0 fully saturated rings. The van der Waals surface area contributed by atoms with Crippen LogP contribution in [0.4, 0.5) is 0 Å². The molecule has 1 amide bonds. The Balaban J connectivity index is 0.00000361. The highest BCUT2D eigenvalue weighted by molar-refractivity contribution is 8.00. The summed E-state index contributed by atoms with van der Waals surface area (Å²) in [5, 5.41) is 3.04. The second-order valence-corrected chi connectivity index (χ2v) is 6.43. The zero-order chi connectivity index (χ0) is 14.3. The highest BCUT2D eigenvalue weighted by Gasteiger charge is 2.25. The third kappa shape index (κ3) is 7.12. The molecule has 0 aromatic carbocycles. The van der Waals surface area contributed by atoms with Crippen LogP contribution in [0.1, 0.15) is 27.2 Å². The molecule has 4 nitrogen and oxygen atoms in total. The molecule has 0 aliphatic heterocycles. The van der Waals surface area contributed by atoms with Gasteiger partial charge in [0.25, 0.3) is 0 Å². The van der Waals surface area contributed by atoms with Gasteiger partial charge in [0.05, 0.1) is 5.75 Å². The quantitative estimate of drug-likeness (QED) is 0.758. The van der Waals surface area contributed by atoms with Crippen molar-refractivity contribution in [2.75, 3.05) is 12.3 Å². The molecule has 0 saturated heterocycles. The summed E-state index contributed by atoms with van der Waals surface area (Å²) < 4.78 is 0. The van der Waals surface area contributed by atoms with E-state index in [0.29, 0.717) is 18.2 Å². The molecule has 1 atom stereocenters. The van der Waals surface area contributed by atoms with Crippen LogP contribution in [-0.2, 0) is 4.79 Å². The predicted molar refractivity (Wildman–Crippen MR) is 87.3 cm³/mol. The lowest BCUT2D eigenvalue weighted by Crippen LogP contribution is -2.52. The van der Waals surface area contributed by atoms with Crippen LogP contribution in [0.2, 0.25) is 0 Å². The zero-order valence-corrected chi connectivity index (χ0v) is 13.9. The number of hydrogen-bond donors (Lipinski definition) is 2. The fourth-order valence-electron chi connectivity index (χ4n) is 2.04. The fourth-order valence-corrected chi connectivity index (χ4v) is 2.73. The molecule has 0 aliphatic rings. The Morgan fingerprint density at radius 2 is 2.05 bits per heavy atom. The van der Waals surface area contributed by atoms with E-state index in [4.69, 9.17) is 5.73 Å². The van der Waals surface area contributed by atoms with E-state index in [9.17, 15) is 4.79 Å². The van der Waals surface area contributed by atoms with Crippen LogP contribution < -0.4 is 11.1 Å². The maximum atomic E-state index is 12.0. The first-order valence-corrected chi connectivity index (χ1v) is 7.47. The number of amides is 1. The summed E-state index contributed by atoms with van der Waals surface area (Å²) in [7, 11) is 0. The number of halogens is 1. The van der Waals surface area contributed by atoms with Gasteiger partial charge in [-0.3, -0.25) is 9.78 Å². The first-order chi connectivity index (χ1) is 8.95.